The summed E-state index contributed by atoms with van der Waals surface area (Å²) in [6, 6.07) is 81.0. The lowest BCUT2D eigenvalue weighted by Gasteiger charge is -2.26. The molecule has 11 rings (SSSR count). The van der Waals surface area contributed by atoms with E-state index in [2.05, 4.69) is 238 Å². The van der Waals surface area contributed by atoms with Crippen molar-refractivity contribution in [2.45, 2.75) is 0 Å². The van der Waals surface area contributed by atoms with E-state index in [0.717, 1.165) is 22.7 Å². The van der Waals surface area contributed by atoms with Gasteiger partial charge in [0.1, 0.15) is 0 Å². The molecule has 0 atom stereocenters. The largest absolute Gasteiger partial charge is 0.311 e. The summed E-state index contributed by atoms with van der Waals surface area (Å²) in [6.45, 7) is 0. The highest BCUT2D eigenvalue weighted by atomic mass is 15.1. The molecule has 0 aliphatic heterocycles. The Morgan fingerprint density at radius 2 is 0.632 bits per heavy atom. The summed E-state index contributed by atoms with van der Waals surface area (Å²) >= 11 is 0. The average Bonchev–Trinajstić information content (AvgIpc) is 3.80. The predicted octanol–water partition coefficient (Wildman–Crippen LogP) is 14.7. The minimum atomic E-state index is 1.10. The first kappa shape index (κ1) is 32.8. The van der Waals surface area contributed by atoms with Gasteiger partial charge in [0.15, 0.2) is 0 Å². The molecule has 0 N–H and O–H groups in total. The number of fused-ring (bicyclic) bond motifs is 6. The Labute approximate surface area is 331 Å². The van der Waals surface area contributed by atoms with Crippen LogP contribution >= 0.6 is 0 Å². The first-order valence-electron chi connectivity index (χ1n) is 19.5. The average molecular weight is 728 g/mol. The molecule has 3 heteroatoms. The first-order chi connectivity index (χ1) is 28.3. The maximum atomic E-state index is 2.38. The van der Waals surface area contributed by atoms with Gasteiger partial charge in [0.2, 0.25) is 0 Å². The molecule has 2 aromatic heterocycles. The van der Waals surface area contributed by atoms with E-state index in [-0.39, 0.29) is 0 Å². The Kier molecular flexibility index (Phi) is 7.82. The van der Waals surface area contributed by atoms with E-state index in [0.29, 0.717) is 0 Å². The molecule has 0 aliphatic rings. The van der Waals surface area contributed by atoms with Crippen LogP contribution in [0.25, 0.3) is 77.2 Å². The molecule has 0 bridgehead atoms. The third-order valence-corrected chi connectivity index (χ3v) is 11.3. The quantitative estimate of drug-likeness (QED) is 0.159. The van der Waals surface area contributed by atoms with E-state index in [9.17, 15) is 0 Å². The first-order valence-corrected chi connectivity index (χ1v) is 19.5. The number of hydrogen-bond acceptors (Lipinski definition) is 1. The molecule has 0 fully saturated rings. The van der Waals surface area contributed by atoms with E-state index in [1.54, 1.807) is 0 Å². The van der Waals surface area contributed by atoms with Crippen LogP contribution in [0.5, 0.6) is 0 Å². The van der Waals surface area contributed by atoms with Crippen molar-refractivity contribution in [3.05, 3.63) is 224 Å². The van der Waals surface area contributed by atoms with Gasteiger partial charge < -0.3 is 14.0 Å². The molecule has 268 valence electrons. The van der Waals surface area contributed by atoms with E-state index in [1.807, 2.05) is 0 Å². The smallest absolute Gasteiger partial charge is 0.0547 e. The van der Waals surface area contributed by atoms with Gasteiger partial charge in [-0.3, -0.25) is 0 Å². The molecule has 0 amide bonds. The zero-order valence-corrected chi connectivity index (χ0v) is 31.2. The van der Waals surface area contributed by atoms with Crippen LogP contribution in [0.1, 0.15) is 0 Å². The summed E-state index contributed by atoms with van der Waals surface area (Å²) in [4.78, 5) is 2.33. The molecule has 11 aromatic rings. The van der Waals surface area contributed by atoms with E-state index in [4.69, 9.17) is 0 Å². The monoisotopic (exact) mass is 727 g/mol. The fourth-order valence-corrected chi connectivity index (χ4v) is 8.64. The molecular weight excluding hydrogens is 691 g/mol. The van der Waals surface area contributed by atoms with Crippen LogP contribution in [0.15, 0.2) is 224 Å². The van der Waals surface area contributed by atoms with Gasteiger partial charge in [-0.25, -0.2) is 0 Å². The highest BCUT2D eigenvalue weighted by Crippen LogP contribution is 2.40. The SMILES string of the molecule is c1ccc(N(c2ccc(-c3ccc4c(c3)c3ccccc3n4-c3ccccc3)cc2)c2ccc(-c3ccc4c5ccccc5n(-c5ccccc5)c4c3)cc2)cc1. The molecule has 57 heavy (non-hydrogen) atoms. The summed E-state index contributed by atoms with van der Waals surface area (Å²) in [5.41, 5.74) is 15.2. The predicted molar refractivity (Wildman–Crippen MR) is 241 cm³/mol. The fourth-order valence-electron chi connectivity index (χ4n) is 8.64. The number of benzene rings is 9. The molecule has 0 saturated carbocycles. The Balaban J connectivity index is 0.952. The van der Waals surface area contributed by atoms with Crippen molar-refractivity contribution < 1.29 is 0 Å². The molecule has 9 aromatic carbocycles. The highest BCUT2D eigenvalue weighted by molar-refractivity contribution is 6.11. The van der Waals surface area contributed by atoms with Crippen LogP contribution in [-0.2, 0) is 0 Å². The van der Waals surface area contributed by atoms with Crippen molar-refractivity contribution in [2.75, 3.05) is 4.90 Å². The number of para-hydroxylation sites is 5. The van der Waals surface area contributed by atoms with Gasteiger partial charge in [-0.2, -0.15) is 0 Å². The Bertz CT molecular complexity index is 3200. The Morgan fingerprint density at radius 3 is 1.21 bits per heavy atom. The van der Waals surface area contributed by atoms with Gasteiger partial charge in [0, 0.05) is 50.0 Å². The van der Waals surface area contributed by atoms with Gasteiger partial charge in [-0.1, -0.05) is 133 Å². The van der Waals surface area contributed by atoms with Crippen LogP contribution in [0.3, 0.4) is 0 Å². The van der Waals surface area contributed by atoms with Crippen LogP contribution in [0.2, 0.25) is 0 Å². The molecule has 2 heterocycles. The van der Waals surface area contributed by atoms with E-state index < -0.39 is 0 Å². The van der Waals surface area contributed by atoms with Crippen LogP contribution in [0, 0.1) is 0 Å². The second-order valence-corrected chi connectivity index (χ2v) is 14.6. The standard InChI is InChI=1S/C54H37N3/c1-4-14-42(15-5-1)55(45-30-24-38(25-31-45)40-29-35-53-50(36-40)48-21-11-13-23-52(48)56(53)43-16-6-2-7-17-43)46-32-26-39(27-33-46)41-28-34-49-47-20-10-12-22-51(47)57(54(49)37-41)44-18-8-3-9-19-44/h1-37H. The van der Waals surface area contributed by atoms with Crippen LogP contribution < -0.4 is 4.90 Å². The third-order valence-electron chi connectivity index (χ3n) is 11.3. The minimum absolute atomic E-state index is 1.10. The maximum Gasteiger partial charge on any atom is 0.0547 e. The number of aromatic nitrogens is 2. The molecule has 0 spiro atoms. The molecule has 0 unspecified atom stereocenters. The number of nitrogens with zero attached hydrogens (tertiary/aromatic N) is 3. The zero-order valence-electron chi connectivity index (χ0n) is 31.2. The lowest BCUT2D eigenvalue weighted by atomic mass is 10.0. The summed E-state index contributed by atoms with van der Waals surface area (Å²) in [7, 11) is 0. The Hall–Kier alpha value is -7.62. The number of rotatable bonds is 7. The maximum absolute atomic E-state index is 2.38. The number of anilines is 3. The van der Waals surface area contributed by atoms with Gasteiger partial charge in [-0.05, 0) is 113 Å². The molecule has 0 radical (unpaired) electrons. The lowest BCUT2D eigenvalue weighted by Crippen LogP contribution is -2.09. The second kappa shape index (κ2) is 13.6. The topological polar surface area (TPSA) is 13.1 Å². The minimum Gasteiger partial charge on any atom is -0.311 e. The van der Waals surface area contributed by atoms with Crippen molar-refractivity contribution in [3.8, 4) is 33.6 Å². The van der Waals surface area contributed by atoms with Gasteiger partial charge in [0.25, 0.3) is 0 Å². The molecule has 3 nitrogen and oxygen atoms in total. The molecule has 0 saturated heterocycles. The van der Waals surface area contributed by atoms with Crippen molar-refractivity contribution in [1.82, 2.24) is 9.13 Å². The van der Waals surface area contributed by atoms with Crippen molar-refractivity contribution >= 4 is 60.7 Å². The summed E-state index contributed by atoms with van der Waals surface area (Å²) in [6.07, 6.45) is 0. The fraction of sp³-hybridized carbons (Fsp3) is 0. The zero-order chi connectivity index (χ0) is 37.7. The summed E-state index contributed by atoms with van der Waals surface area (Å²) < 4.78 is 4.74. The third kappa shape index (κ3) is 5.60. The highest BCUT2D eigenvalue weighted by Gasteiger charge is 2.17. The van der Waals surface area contributed by atoms with Gasteiger partial charge in [-0.15, -0.1) is 0 Å². The molecule has 0 aliphatic carbocycles. The van der Waals surface area contributed by atoms with Crippen LogP contribution in [0.4, 0.5) is 17.1 Å². The lowest BCUT2D eigenvalue weighted by molar-refractivity contribution is 1.18. The molecular formula is C54H37N3. The summed E-state index contributed by atoms with van der Waals surface area (Å²) in [5, 5.41) is 5.03. The normalized spacial score (nSPS) is 11.5. The van der Waals surface area contributed by atoms with Crippen molar-refractivity contribution in [1.29, 1.82) is 0 Å². The van der Waals surface area contributed by atoms with Crippen LogP contribution in [-0.4, -0.2) is 9.13 Å². The van der Waals surface area contributed by atoms with Gasteiger partial charge in [0.05, 0.1) is 22.1 Å². The van der Waals surface area contributed by atoms with E-state index in [1.165, 1.54) is 71.6 Å². The van der Waals surface area contributed by atoms with Gasteiger partial charge >= 0.3 is 0 Å². The van der Waals surface area contributed by atoms with E-state index >= 15 is 0 Å². The summed E-state index contributed by atoms with van der Waals surface area (Å²) in [5.74, 6) is 0. The Morgan fingerprint density at radius 1 is 0.246 bits per heavy atom. The number of hydrogen-bond donors (Lipinski definition) is 0. The van der Waals surface area contributed by atoms with Crippen molar-refractivity contribution in [2.24, 2.45) is 0 Å². The van der Waals surface area contributed by atoms with Crippen molar-refractivity contribution in [3.63, 3.8) is 0 Å². The second-order valence-electron chi connectivity index (χ2n) is 14.6.